The Balaban J connectivity index is 1.48. The minimum Gasteiger partial charge on any atom is -0.370 e. The van der Waals surface area contributed by atoms with Crippen LogP contribution in [0.15, 0.2) is 24.3 Å². The molecule has 0 spiro atoms. The molecule has 2 aliphatic rings. The van der Waals surface area contributed by atoms with Gasteiger partial charge in [-0.2, -0.15) is 4.98 Å². The highest BCUT2D eigenvalue weighted by molar-refractivity contribution is 5.73. The van der Waals surface area contributed by atoms with Crippen molar-refractivity contribution in [1.29, 1.82) is 0 Å². The summed E-state index contributed by atoms with van der Waals surface area (Å²) in [6.45, 7) is 0.981. The van der Waals surface area contributed by atoms with Crippen LogP contribution in [0.5, 0.6) is 0 Å². The number of hydrogen-bond donors (Lipinski definition) is 2. The normalized spacial score (nSPS) is 18.1. The van der Waals surface area contributed by atoms with Crippen molar-refractivity contribution in [2.24, 2.45) is 5.92 Å². The van der Waals surface area contributed by atoms with Gasteiger partial charge in [-0.15, -0.1) is 0 Å². The van der Waals surface area contributed by atoms with Crippen LogP contribution in [0, 0.1) is 5.92 Å². The largest absolute Gasteiger partial charge is 0.370 e. The molecular weight excluding hydrogens is 344 g/mol. The van der Waals surface area contributed by atoms with E-state index in [0.29, 0.717) is 5.95 Å². The van der Waals surface area contributed by atoms with Gasteiger partial charge in [-0.05, 0) is 37.2 Å². The fourth-order valence-electron chi connectivity index (χ4n) is 4.93. The summed E-state index contributed by atoms with van der Waals surface area (Å²) in [7, 11) is 0. The van der Waals surface area contributed by atoms with Crippen LogP contribution in [-0.2, 0) is 12.8 Å². The van der Waals surface area contributed by atoms with Gasteiger partial charge in [0.2, 0.25) is 5.95 Å². The zero-order valence-corrected chi connectivity index (χ0v) is 17.1. The van der Waals surface area contributed by atoms with Crippen molar-refractivity contribution in [3.8, 4) is 11.3 Å². The molecule has 4 nitrogen and oxygen atoms in total. The molecule has 1 heterocycles. The highest BCUT2D eigenvalue weighted by Crippen LogP contribution is 2.34. The summed E-state index contributed by atoms with van der Waals surface area (Å²) in [6, 6.07) is 8.60. The topological polar surface area (TPSA) is 63.8 Å². The van der Waals surface area contributed by atoms with E-state index in [-0.39, 0.29) is 0 Å². The lowest BCUT2D eigenvalue weighted by Gasteiger charge is -2.18. The number of fused-ring (bicyclic) bond motifs is 3. The van der Waals surface area contributed by atoms with Gasteiger partial charge in [-0.25, -0.2) is 4.98 Å². The van der Waals surface area contributed by atoms with Crippen molar-refractivity contribution in [2.45, 2.75) is 77.0 Å². The highest BCUT2D eigenvalue weighted by Gasteiger charge is 2.20. The van der Waals surface area contributed by atoms with E-state index in [0.717, 1.165) is 43.2 Å². The van der Waals surface area contributed by atoms with Gasteiger partial charge in [0.05, 0.1) is 5.69 Å². The molecule has 28 heavy (non-hydrogen) atoms. The van der Waals surface area contributed by atoms with Gasteiger partial charge < -0.3 is 11.1 Å². The molecule has 1 aromatic heterocycles. The van der Waals surface area contributed by atoms with Gasteiger partial charge in [0.15, 0.2) is 0 Å². The number of nitrogens with one attached hydrogen (secondary N) is 1. The number of aryl methyl sites for hydroxylation is 1. The number of anilines is 2. The lowest BCUT2D eigenvalue weighted by molar-refractivity contribution is 0.409. The number of nitrogens with zero attached hydrogens (tertiary/aromatic N) is 2. The Morgan fingerprint density at radius 3 is 2.46 bits per heavy atom. The van der Waals surface area contributed by atoms with Gasteiger partial charge in [0.25, 0.3) is 0 Å². The van der Waals surface area contributed by atoms with E-state index in [2.05, 4.69) is 39.6 Å². The molecule has 0 amide bonds. The van der Waals surface area contributed by atoms with E-state index in [9.17, 15) is 0 Å². The minimum absolute atomic E-state index is 0.375. The first-order valence-electron chi connectivity index (χ1n) is 11.3. The third-order valence-electron chi connectivity index (χ3n) is 6.49. The zero-order chi connectivity index (χ0) is 19.2. The second-order valence-electron chi connectivity index (χ2n) is 8.55. The predicted octanol–water partition coefficient (Wildman–Crippen LogP) is 5.77. The van der Waals surface area contributed by atoms with E-state index < -0.39 is 0 Å². The van der Waals surface area contributed by atoms with E-state index in [1.807, 2.05) is 0 Å². The molecule has 3 N–H and O–H groups in total. The summed E-state index contributed by atoms with van der Waals surface area (Å²) in [6.07, 6.45) is 15.7. The van der Waals surface area contributed by atoms with E-state index in [1.54, 1.807) is 0 Å². The monoisotopic (exact) mass is 378 g/mol. The molecule has 4 rings (SSSR count). The summed E-state index contributed by atoms with van der Waals surface area (Å²) < 4.78 is 0. The van der Waals surface area contributed by atoms with Crippen LogP contribution < -0.4 is 11.1 Å². The third kappa shape index (κ3) is 4.65. The molecule has 0 atom stereocenters. The average molecular weight is 379 g/mol. The Kier molecular flexibility index (Phi) is 6.45. The first-order chi connectivity index (χ1) is 13.8. The van der Waals surface area contributed by atoms with Crippen LogP contribution in [0.2, 0.25) is 0 Å². The number of benzene rings is 1. The summed E-state index contributed by atoms with van der Waals surface area (Å²) in [5.74, 6) is 2.19. The first-order valence-corrected chi connectivity index (χ1v) is 11.3. The highest BCUT2D eigenvalue weighted by atomic mass is 15.1. The molecule has 0 radical (unpaired) electrons. The molecule has 150 valence electrons. The third-order valence-corrected chi connectivity index (χ3v) is 6.49. The molecule has 1 fully saturated rings. The lowest BCUT2D eigenvalue weighted by Crippen LogP contribution is -2.13. The summed E-state index contributed by atoms with van der Waals surface area (Å²) in [5.41, 5.74) is 11.0. The Hall–Kier alpha value is -2.10. The molecule has 0 unspecified atom stereocenters. The molecular formula is C24H34N4. The van der Waals surface area contributed by atoms with Gasteiger partial charge in [-0.3, -0.25) is 0 Å². The maximum Gasteiger partial charge on any atom is 0.222 e. The Morgan fingerprint density at radius 1 is 0.893 bits per heavy atom. The summed E-state index contributed by atoms with van der Waals surface area (Å²) >= 11 is 0. The number of nitrogen functional groups attached to an aromatic ring is 1. The Bertz CT molecular complexity index is 776. The smallest absolute Gasteiger partial charge is 0.222 e. The van der Waals surface area contributed by atoms with Crippen molar-refractivity contribution in [2.75, 3.05) is 17.6 Å². The number of hydrogen-bond acceptors (Lipinski definition) is 4. The van der Waals surface area contributed by atoms with Crippen molar-refractivity contribution in [3.63, 3.8) is 0 Å². The van der Waals surface area contributed by atoms with E-state index >= 15 is 0 Å². The fourth-order valence-corrected chi connectivity index (χ4v) is 4.93. The van der Waals surface area contributed by atoms with Crippen molar-refractivity contribution in [1.82, 2.24) is 9.97 Å². The van der Waals surface area contributed by atoms with Crippen LogP contribution in [-0.4, -0.2) is 16.5 Å². The van der Waals surface area contributed by atoms with Gasteiger partial charge >= 0.3 is 0 Å². The second kappa shape index (κ2) is 9.40. The second-order valence-corrected chi connectivity index (χ2v) is 8.55. The number of aromatic nitrogens is 2. The quantitative estimate of drug-likeness (QED) is 0.709. The standard InChI is InChI=1S/C24H34N4/c25-24-27-22-20-14-8-7-12-19(20)13-9-15-21(22)23(28-24)26-17-16-18-10-5-3-1-2-4-6-11-18/h7-8,12,14,18H,1-6,9-11,13,15-17H2,(H3,25,26,27,28). The fraction of sp³-hybridized carbons (Fsp3) is 0.583. The number of nitrogens with two attached hydrogens (primary N) is 1. The molecule has 1 saturated carbocycles. The maximum absolute atomic E-state index is 6.10. The summed E-state index contributed by atoms with van der Waals surface area (Å²) in [4.78, 5) is 9.22. The van der Waals surface area contributed by atoms with Crippen LogP contribution in [0.25, 0.3) is 11.3 Å². The molecule has 0 bridgehead atoms. The molecule has 2 aliphatic carbocycles. The first kappa shape index (κ1) is 19.2. The Morgan fingerprint density at radius 2 is 1.64 bits per heavy atom. The summed E-state index contributed by atoms with van der Waals surface area (Å²) in [5, 5.41) is 3.64. The molecule has 4 heteroatoms. The van der Waals surface area contributed by atoms with Crippen LogP contribution >= 0.6 is 0 Å². The van der Waals surface area contributed by atoms with Crippen molar-refractivity contribution < 1.29 is 0 Å². The maximum atomic E-state index is 6.10. The molecule has 2 aromatic rings. The van der Waals surface area contributed by atoms with Gasteiger partial charge in [0, 0.05) is 17.7 Å². The molecule has 1 aromatic carbocycles. The zero-order valence-electron chi connectivity index (χ0n) is 17.1. The average Bonchev–Trinajstić information content (AvgIpc) is 2.78. The Labute approximate surface area is 169 Å². The van der Waals surface area contributed by atoms with E-state index in [1.165, 1.54) is 74.5 Å². The van der Waals surface area contributed by atoms with Crippen LogP contribution in [0.1, 0.15) is 75.3 Å². The minimum atomic E-state index is 0.375. The van der Waals surface area contributed by atoms with Gasteiger partial charge in [0.1, 0.15) is 5.82 Å². The van der Waals surface area contributed by atoms with Crippen molar-refractivity contribution in [3.05, 3.63) is 35.4 Å². The SMILES string of the molecule is Nc1nc(NCCC2CCCCCCCC2)c2c(n1)-c1ccccc1CCC2. The number of rotatable bonds is 4. The van der Waals surface area contributed by atoms with Gasteiger partial charge in [-0.1, -0.05) is 75.6 Å². The van der Waals surface area contributed by atoms with Crippen molar-refractivity contribution >= 4 is 11.8 Å². The predicted molar refractivity (Wildman–Crippen MR) is 117 cm³/mol. The lowest BCUT2D eigenvalue weighted by atomic mass is 9.93. The molecule has 0 aliphatic heterocycles. The van der Waals surface area contributed by atoms with E-state index in [4.69, 9.17) is 5.73 Å². The van der Waals surface area contributed by atoms with Crippen LogP contribution in [0.3, 0.4) is 0 Å². The van der Waals surface area contributed by atoms with Crippen LogP contribution in [0.4, 0.5) is 11.8 Å². The molecule has 0 saturated heterocycles.